The highest BCUT2D eigenvalue weighted by Crippen LogP contribution is 2.27. The van der Waals surface area contributed by atoms with Crippen LogP contribution in [0.25, 0.3) is 0 Å². The highest BCUT2D eigenvalue weighted by molar-refractivity contribution is 6.29. The van der Waals surface area contributed by atoms with Gasteiger partial charge in [0.25, 0.3) is 5.91 Å². The van der Waals surface area contributed by atoms with Crippen molar-refractivity contribution >= 4 is 17.5 Å². The van der Waals surface area contributed by atoms with E-state index in [0.29, 0.717) is 16.6 Å². The number of nitrogens with zero attached hydrogens (tertiary/aromatic N) is 2. The minimum atomic E-state index is 0.0399. The Balaban J connectivity index is 2.12. The summed E-state index contributed by atoms with van der Waals surface area (Å²) in [4.78, 5) is 18.4. The van der Waals surface area contributed by atoms with E-state index in [1.54, 1.807) is 11.0 Å². The van der Waals surface area contributed by atoms with Crippen molar-refractivity contribution in [2.45, 2.75) is 39.0 Å². The quantitative estimate of drug-likeness (QED) is 0.788. The molecule has 0 bridgehead atoms. The minimum Gasteiger partial charge on any atom is -0.341 e. The molecular weight excluding hydrogens is 260 g/mol. The number of rotatable bonds is 4. The van der Waals surface area contributed by atoms with Gasteiger partial charge in [0, 0.05) is 24.8 Å². The third kappa shape index (κ3) is 3.47. The van der Waals surface area contributed by atoms with Crippen LogP contribution in [0.4, 0.5) is 0 Å². The molecule has 0 aliphatic heterocycles. The second-order valence-electron chi connectivity index (χ2n) is 5.74. The van der Waals surface area contributed by atoms with Gasteiger partial charge in [0.15, 0.2) is 0 Å². The van der Waals surface area contributed by atoms with Crippen molar-refractivity contribution in [3.05, 3.63) is 28.5 Å². The van der Waals surface area contributed by atoms with Crippen LogP contribution in [-0.2, 0) is 0 Å². The lowest BCUT2D eigenvalue weighted by molar-refractivity contribution is 0.0745. The number of aromatic nitrogens is 1. The fraction of sp³-hybridized carbons (Fsp3) is 0.600. The van der Waals surface area contributed by atoms with E-state index in [0.717, 1.165) is 12.2 Å². The van der Waals surface area contributed by atoms with Crippen molar-refractivity contribution in [1.82, 2.24) is 9.88 Å². The number of hydrogen-bond donors (Lipinski definition) is 0. The van der Waals surface area contributed by atoms with E-state index in [2.05, 4.69) is 4.98 Å². The van der Waals surface area contributed by atoms with Crippen LogP contribution in [0.3, 0.4) is 0 Å². The number of pyridine rings is 1. The number of carbonyl (C=O) groups excluding carboxylic acids is 1. The summed E-state index contributed by atoms with van der Waals surface area (Å²) in [6, 6.07) is 3.52. The summed E-state index contributed by atoms with van der Waals surface area (Å²) >= 11 is 6.01. The third-order valence-corrected chi connectivity index (χ3v) is 3.95. The maximum atomic E-state index is 12.4. The van der Waals surface area contributed by atoms with Gasteiger partial charge in [-0.2, -0.15) is 0 Å². The van der Waals surface area contributed by atoms with Gasteiger partial charge in [0.1, 0.15) is 5.15 Å². The molecule has 0 unspecified atom stereocenters. The summed E-state index contributed by atoms with van der Waals surface area (Å²) in [6.07, 6.45) is 3.78. The molecular formula is C15H21ClN2O. The zero-order valence-electron chi connectivity index (χ0n) is 11.8. The molecule has 1 saturated carbocycles. The average molecular weight is 281 g/mol. The van der Waals surface area contributed by atoms with Crippen LogP contribution in [0.15, 0.2) is 12.1 Å². The highest BCUT2D eigenvalue weighted by atomic mass is 35.5. The molecule has 1 aromatic heterocycles. The summed E-state index contributed by atoms with van der Waals surface area (Å²) in [5.74, 6) is 0.983. The van der Waals surface area contributed by atoms with Crippen LogP contribution in [-0.4, -0.2) is 29.4 Å². The smallest absolute Gasteiger partial charge is 0.253 e. The molecule has 3 nitrogen and oxygen atoms in total. The van der Waals surface area contributed by atoms with Gasteiger partial charge in [-0.25, -0.2) is 4.98 Å². The van der Waals surface area contributed by atoms with Gasteiger partial charge >= 0.3 is 0 Å². The van der Waals surface area contributed by atoms with Crippen LogP contribution in [0.2, 0.25) is 5.15 Å². The second kappa shape index (κ2) is 5.91. The van der Waals surface area contributed by atoms with Gasteiger partial charge < -0.3 is 4.90 Å². The molecule has 0 N–H and O–H groups in total. The summed E-state index contributed by atoms with van der Waals surface area (Å²) < 4.78 is 0. The first-order valence-corrected chi connectivity index (χ1v) is 7.28. The lowest BCUT2D eigenvalue weighted by Gasteiger charge is -2.30. The second-order valence-corrected chi connectivity index (χ2v) is 6.13. The van der Waals surface area contributed by atoms with Gasteiger partial charge in [0.05, 0.1) is 0 Å². The van der Waals surface area contributed by atoms with Crippen molar-refractivity contribution < 1.29 is 4.79 Å². The Kier molecular flexibility index (Phi) is 4.46. The maximum absolute atomic E-state index is 12.4. The molecule has 0 aromatic carbocycles. The highest BCUT2D eigenvalue weighted by Gasteiger charge is 2.22. The van der Waals surface area contributed by atoms with Gasteiger partial charge in [0.2, 0.25) is 0 Å². The van der Waals surface area contributed by atoms with Gasteiger partial charge in [-0.15, -0.1) is 0 Å². The van der Waals surface area contributed by atoms with Gasteiger partial charge in [-0.1, -0.05) is 31.9 Å². The fourth-order valence-corrected chi connectivity index (χ4v) is 2.52. The summed E-state index contributed by atoms with van der Waals surface area (Å²) in [5, 5.41) is 0.395. The van der Waals surface area contributed by atoms with Crippen LogP contribution in [0.5, 0.6) is 0 Å². The van der Waals surface area contributed by atoms with Gasteiger partial charge in [-0.3, -0.25) is 4.79 Å². The van der Waals surface area contributed by atoms with E-state index >= 15 is 0 Å². The Morgan fingerprint density at radius 3 is 2.68 bits per heavy atom. The first kappa shape index (κ1) is 14.3. The molecule has 0 spiro atoms. The molecule has 104 valence electrons. The molecule has 1 amide bonds. The van der Waals surface area contributed by atoms with E-state index in [1.165, 1.54) is 19.3 Å². The Morgan fingerprint density at radius 2 is 2.16 bits per heavy atom. The standard InChI is InChI=1S/C15H21ClN2O/c1-10(2)13-7-12(8-14(16)17-13)15(19)18(3)9-11-5-4-6-11/h7-8,10-11H,4-6,9H2,1-3H3. The zero-order valence-corrected chi connectivity index (χ0v) is 12.6. The first-order valence-electron chi connectivity index (χ1n) is 6.90. The van der Waals surface area contributed by atoms with E-state index < -0.39 is 0 Å². The largest absolute Gasteiger partial charge is 0.341 e. The normalized spacial score (nSPS) is 15.4. The monoisotopic (exact) mass is 280 g/mol. The molecule has 0 atom stereocenters. The molecule has 0 saturated heterocycles. The molecule has 2 rings (SSSR count). The predicted molar refractivity (Wildman–Crippen MR) is 77.6 cm³/mol. The topological polar surface area (TPSA) is 33.2 Å². The Labute approximate surface area is 120 Å². The fourth-order valence-electron chi connectivity index (χ4n) is 2.30. The van der Waals surface area contributed by atoms with Gasteiger partial charge in [-0.05, 0) is 36.8 Å². The molecule has 4 heteroatoms. The van der Waals surface area contributed by atoms with Crippen molar-refractivity contribution in [3.8, 4) is 0 Å². The van der Waals surface area contributed by atoms with E-state index in [9.17, 15) is 4.79 Å². The summed E-state index contributed by atoms with van der Waals surface area (Å²) in [5.41, 5.74) is 1.51. The Morgan fingerprint density at radius 1 is 1.47 bits per heavy atom. The maximum Gasteiger partial charge on any atom is 0.253 e. The number of amides is 1. The lowest BCUT2D eigenvalue weighted by Crippen LogP contribution is -2.34. The number of carbonyl (C=O) groups is 1. The summed E-state index contributed by atoms with van der Waals surface area (Å²) in [7, 11) is 1.87. The molecule has 1 aromatic rings. The van der Waals surface area contributed by atoms with E-state index in [4.69, 9.17) is 11.6 Å². The van der Waals surface area contributed by atoms with Crippen LogP contribution >= 0.6 is 11.6 Å². The lowest BCUT2D eigenvalue weighted by atomic mass is 9.85. The molecule has 19 heavy (non-hydrogen) atoms. The molecule has 0 radical (unpaired) electrons. The van der Waals surface area contributed by atoms with Crippen molar-refractivity contribution in [2.24, 2.45) is 5.92 Å². The SMILES string of the molecule is CC(C)c1cc(C(=O)N(C)CC2CCC2)cc(Cl)n1. The molecule has 1 aliphatic rings. The first-order chi connectivity index (χ1) is 8.97. The van der Waals surface area contributed by atoms with Crippen molar-refractivity contribution in [2.75, 3.05) is 13.6 Å². The van der Waals surface area contributed by atoms with Crippen LogP contribution in [0, 0.1) is 5.92 Å². The minimum absolute atomic E-state index is 0.0399. The Bertz CT molecular complexity index is 469. The number of halogens is 1. The predicted octanol–water partition coefficient (Wildman–Crippen LogP) is 3.73. The van der Waals surface area contributed by atoms with E-state index in [1.807, 2.05) is 27.0 Å². The average Bonchev–Trinajstić information content (AvgIpc) is 2.31. The zero-order chi connectivity index (χ0) is 14.0. The molecule has 1 fully saturated rings. The van der Waals surface area contributed by atoms with Crippen molar-refractivity contribution in [1.29, 1.82) is 0 Å². The van der Waals surface area contributed by atoms with Crippen LogP contribution < -0.4 is 0 Å². The molecule has 1 aliphatic carbocycles. The number of hydrogen-bond acceptors (Lipinski definition) is 2. The third-order valence-electron chi connectivity index (χ3n) is 3.76. The Hall–Kier alpha value is -1.09. The molecule has 1 heterocycles. The summed E-state index contributed by atoms with van der Waals surface area (Å²) in [6.45, 7) is 4.94. The van der Waals surface area contributed by atoms with E-state index in [-0.39, 0.29) is 11.8 Å². The van der Waals surface area contributed by atoms with Crippen molar-refractivity contribution in [3.63, 3.8) is 0 Å². The van der Waals surface area contributed by atoms with Crippen LogP contribution in [0.1, 0.15) is 55.1 Å².